The molecule has 184 valence electrons. The highest BCUT2D eigenvalue weighted by Gasteiger charge is 2.23. The third-order valence-corrected chi connectivity index (χ3v) is 7.59. The van der Waals surface area contributed by atoms with Crippen molar-refractivity contribution in [3.63, 3.8) is 0 Å². The van der Waals surface area contributed by atoms with Crippen molar-refractivity contribution in [3.05, 3.63) is 97.3 Å². The molecule has 0 saturated carbocycles. The number of rotatable bonds is 8. The topological polar surface area (TPSA) is 95.9 Å². The van der Waals surface area contributed by atoms with Crippen LogP contribution in [0, 0.1) is 29.6 Å². The second-order valence-electron chi connectivity index (χ2n) is 8.28. The fourth-order valence-corrected chi connectivity index (χ4v) is 5.48. The van der Waals surface area contributed by atoms with E-state index in [1.165, 1.54) is 0 Å². The highest BCUT2D eigenvalue weighted by atomic mass is 35.5. The lowest BCUT2D eigenvalue weighted by Crippen LogP contribution is -2.05. The van der Waals surface area contributed by atoms with Crippen molar-refractivity contribution >= 4 is 51.7 Å². The number of carbonyl (C=O) groups is 2. The van der Waals surface area contributed by atoms with Crippen molar-refractivity contribution in [2.24, 2.45) is 0 Å². The summed E-state index contributed by atoms with van der Waals surface area (Å²) in [5.74, 6) is -0.957. The molecule has 0 aliphatic carbocycles. The molecule has 0 spiro atoms. The summed E-state index contributed by atoms with van der Waals surface area (Å²) < 4.78 is 7.10. The zero-order chi connectivity index (χ0) is 26.5. The summed E-state index contributed by atoms with van der Waals surface area (Å²) in [6.45, 7) is 4.09. The molecule has 0 aliphatic heterocycles. The highest BCUT2D eigenvalue weighted by Crippen LogP contribution is 2.30. The molecule has 0 saturated heterocycles. The molecule has 0 aliphatic rings. The van der Waals surface area contributed by atoms with Crippen molar-refractivity contribution in [2.45, 2.75) is 26.8 Å². The lowest BCUT2D eigenvalue weighted by atomic mass is 10.0. The van der Waals surface area contributed by atoms with E-state index >= 15 is 0 Å². The van der Waals surface area contributed by atoms with E-state index in [-0.39, 0.29) is 24.2 Å². The number of ketones is 1. The molecule has 0 fully saturated rings. The van der Waals surface area contributed by atoms with Gasteiger partial charge in [-0.15, -0.1) is 11.3 Å². The van der Waals surface area contributed by atoms with Crippen LogP contribution in [0.1, 0.15) is 43.7 Å². The number of nitrogens with zero attached hydrogens (tertiary/aromatic N) is 3. The molecular weight excluding hydrogens is 506 g/mol. The fourth-order valence-electron chi connectivity index (χ4n) is 4.14. The van der Waals surface area contributed by atoms with E-state index in [0.717, 1.165) is 33.4 Å². The lowest BCUT2D eigenvalue weighted by Gasteiger charge is -2.07. The van der Waals surface area contributed by atoms with Gasteiger partial charge in [0.1, 0.15) is 17.0 Å². The molecule has 0 bridgehead atoms. The Hall–Kier alpha value is -4.17. The molecule has 0 N–H and O–H groups in total. The summed E-state index contributed by atoms with van der Waals surface area (Å²) in [4.78, 5) is 26.2. The molecule has 0 unspecified atom stereocenters. The summed E-state index contributed by atoms with van der Waals surface area (Å²) in [6.07, 6.45) is 3.31. The quantitative estimate of drug-likeness (QED) is 0.148. The largest absolute Gasteiger partial charge is 0.462 e. The first-order chi connectivity index (χ1) is 17.9. The summed E-state index contributed by atoms with van der Waals surface area (Å²) in [7, 11) is 0. The van der Waals surface area contributed by atoms with Crippen LogP contribution in [0.15, 0.2) is 60.3 Å². The lowest BCUT2D eigenvalue weighted by molar-refractivity contribution is -0.114. The van der Waals surface area contributed by atoms with Crippen LogP contribution in [-0.4, -0.2) is 22.9 Å². The first-order valence-electron chi connectivity index (χ1n) is 11.5. The van der Waals surface area contributed by atoms with E-state index in [2.05, 4.69) is 6.07 Å². The number of fused-ring (bicyclic) bond motifs is 1. The monoisotopic (exact) mass is 527 g/mol. The van der Waals surface area contributed by atoms with Gasteiger partial charge in [-0.2, -0.15) is 10.5 Å². The number of Topliss-reactive ketones (excluding diaryl/α,β-unsaturated/α-hetero) is 1. The van der Waals surface area contributed by atoms with Crippen LogP contribution < -0.4 is 0 Å². The maximum Gasteiger partial charge on any atom is 0.348 e. The Morgan fingerprint density at radius 3 is 2.57 bits per heavy atom. The Morgan fingerprint density at radius 2 is 1.86 bits per heavy atom. The number of allylic oxidation sites excluding steroid dienone is 1. The highest BCUT2D eigenvalue weighted by molar-refractivity contribution is 7.14. The minimum atomic E-state index is -0.525. The van der Waals surface area contributed by atoms with Crippen LogP contribution in [0.2, 0.25) is 5.02 Å². The zero-order valence-electron chi connectivity index (χ0n) is 20.2. The van der Waals surface area contributed by atoms with Gasteiger partial charge in [0.15, 0.2) is 5.78 Å². The van der Waals surface area contributed by atoms with E-state index in [4.69, 9.17) is 16.3 Å². The Morgan fingerprint density at radius 1 is 1.14 bits per heavy atom. The van der Waals surface area contributed by atoms with Crippen LogP contribution in [0.4, 0.5) is 0 Å². The van der Waals surface area contributed by atoms with Gasteiger partial charge in [-0.1, -0.05) is 48.0 Å². The van der Waals surface area contributed by atoms with Gasteiger partial charge in [0, 0.05) is 45.5 Å². The number of hydrogen-bond donors (Lipinski definition) is 0. The number of benzene rings is 2. The van der Waals surface area contributed by atoms with Gasteiger partial charge in [0.05, 0.1) is 17.7 Å². The second kappa shape index (κ2) is 11.3. The van der Waals surface area contributed by atoms with Crippen molar-refractivity contribution in [1.29, 1.82) is 10.5 Å². The normalized spacial score (nSPS) is 11.2. The molecule has 0 atom stereocenters. The zero-order valence-corrected chi connectivity index (χ0v) is 21.8. The molecule has 4 aromatic rings. The van der Waals surface area contributed by atoms with Crippen molar-refractivity contribution in [3.8, 4) is 12.1 Å². The molecule has 8 heteroatoms. The predicted octanol–water partition coefficient (Wildman–Crippen LogP) is 6.48. The fraction of sp³-hybridized carbons (Fsp3) is 0.172. The van der Waals surface area contributed by atoms with E-state index in [1.807, 2.05) is 65.4 Å². The average Bonchev–Trinajstić information content (AvgIpc) is 3.40. The van der Waals surface area contributed by atoms with Gasteiger partial charge in [-0.3, -0.25) is 4.79 Å². The Kier molecular flexibility index (Phi) is 7.89. The number of nitriles is 2. The number of thiophene rings is 1. The Balaban J connectivity index is 1.68. The van der Waals surface area contributed by atoms with Crippen LogP contribution in [0.3, 0.4) is 0 Å². The molecule has 37 heavy (non-hydrogen) atoms. The molecule has 0 radical (unpaired) electrons. The summed E-state index contributed by atoms with van der Waals surface area (Å²) in [5.41, 5.74) is 3.34. The molecule has 2 aromatic carbocycles. The third kappa shape index (κ3) is 5.34. The number of ether oxygens (including phenoxy) is 1. The molecule has 2 heterocycles. The average molecular weight is 528 g/mol. The number of aromatic nitrogens is 1. The van der Waals surface area contributed by atoms with Gasteiger partial charge >= 0.3 is 5.97 Å². The van der Waals surface area contributed by atoms with E-state index < -0.39 is 11.8 Å². The standard InChI is InChI=1S/C29H22ClN3O3S/c1-3-36-29(35)28-18(2)23(15-32)27(37-28)13-26(34)20(14-31)12-21-17-33(25-11-7-5-9-22(21)25)16-19-8-4-6-10-24(19)30/h4-12,17H,3,13,16H2,1-2H3. The summed E-state index contributed by atoms with van der Waals surface area (Å²) in [5, 5.41) is 21.0. The maximum absolute atomic E-state index is 13.2. The third-order valence-electron chi connectivity index (χ3n) is 5.95. The molecule has 6 nitrogen and oxygen atoms in total. The number of esters is 1. The number of carbonyl (C=O) groups excluding carboxylic acids is 2. The SMILES string of the molecule is CCOC(=O)c1sc(CC(=O)C(C#N)=Cc2cn(Cc3ccccc3Cl)c3ccccc23)c(C#N)c1C. The minimum Gasteiger partial charge on any atom is -0.462 e. The number of halogens is 1. The van der Waals surface area contributed by atoms with Crippen molar-refractivity contribution in [1.82, 2.24) is 4.57 Å². The van der Waals surface area contributed by atoms with Gasteiger partial charge in [0.25, 0.3) is 0 Å². The van der Waals surface area contributed by atoms with Gasteiger partial charge in [-0.05, 0) is 43.2 Å². The molecular formula is C29H22ClN3O3S. The number of para-hydroxylation sites is 1. The van der Waals surface area contributed by atoms with Crippen molar-refractivity contribution < 1.29 is 14.3 Å². The van der Waals surface area contributed by atoms with Crippen LogP contribution in [-0.2, 0) is 22.5 Å². The Bertz CT molecular complexity index is 1630. The van der Waals surface area contributed by atoms with Gasteiger partial charge < -0.3 is 9.30 Å². The predicted molar refractivity (Wildman–Crippen MR) is 145 cm³/mol. The second-order valence-corrected chi connectivity index (χ2v) is 9.79. The molecule has 2 aromatic heterocycles. The van der Waals surface area contributed by atoms with Gasteiger partial charge in [0.2, 0.25) is 0 Å². The first-order valence-corrected chi connectivity index (χ1v) is 12.7. The first kappa shape index (κ1) is 25.9. The van der Waals surface area contributed by atoms with E-state index in [1.54, 1.807) is 19.9 Å². The van der Waals surface area contributed by atoms with Crippen molar-refractivity contribution in [2.75, 3.05) is 6.61 Å². The van der Waals surface area contributed by atoms with Crippen LogP contribution in [0.25, 0.3) is 17.0 Å². The summed E-state index contributed by atoms with van der Waals surface area (Å²) in [6, 6.07) is 19.4. The van der Waals surface area contributed by atoms with Crippen LogP contribution >= 0.6 is 22.9 Å². The maximum atomic E-state index is 13.2. The van der Waals surface area contributed by atoms with Gasteiger partial charge in [-0.25, -0.2) is 4.79 Å². The van der Waals surface area contributed by atoms with Crippen LogP contribution in [0.5, 0.6) is 0 Å². The van der Waals surface area contributed by atoms with E-state index in [0.29, 0.717) is 26.9 Å². The minimum absolute atomic E-state index is 0.0340. The number of hydrogen-bond acceptors (Lipinski definition) is 6. The molecule has 4 rings (SSSR count). The van der Waals surface area contributed by atoms with E-state index in [9.17, 15) is 20.1 Å². The summed E-state index contributed by atoms with van der Waals surface area (Å²) >= 11 is 7.43. The Labute approximate surface area is 223 Å². The molecule has 0 amide bonds. The smallest absolute Gasteiger partial charge is 0.348 e.